The Morgan fingerprint density at radius 1 is 1.38 bits per heavy atom. The van der Waals surface area contributed by atoms with E-state index < -0.39 is 0 Å². The van der Waals surface area contributed by atoms with Gasteiger partial charge < -0.3 is 0 Å². The smallest absolute Gasteiger partial charge is 0.240 e. The molecule has 16 heavy (non-hydrogen) atoms. The van der Waals surface area contributed by atoms with Crippen LogP contribution in [0.5, 0.6) is 0 Å². The van der Waals surface area contributed by atoms with E-state index in [0.717, 1.165) is 3.79 Å². The summed E-state index contributed by atoms with van der Waals surface area (Å²) >= 11 is 4.58. The molecule has 1 saturated carbocycles. The summed E-state index contributed by atoms with van der Waals surface area (Å²) in [4.78, 5) is 29.4. The Balaban J connectivity index is 1.97. The summed E-state index contributed by atoms with van der Waals surface area (Å²) < 4.78 is 0.822. The van der Waals surface area contributed by atoms with Crippen molar-refractivity contribution in [2.24, 2.45) is 17.3 Å². The Labute approximate surface area is 105 Å². The van der Waals surface area contributed by atoms with E-state index in [0.29, 0.717) is 5.13 Å². The van der Waals surface area contributed by atoms with E-state index >= 15 is 0 Å². The summed E-state index contributed by atoms with van der Waals surface area (Å²) in [6.45, 7) is 3.93. The number of thiazole rings is 1. The number of hydrogen-bond acceptors (Lipinski definition) is 4. The van der Waals surface area contributed by atoms with Crippen LogP contribution in [0.4, 0.5) is 5.13 Å². The molecule has 1 aromatic heterocycles. The zero-order valence-electron chi connectivity index (χ0n) is 8.73. The molecule has 2 atom stereocenters. The number of piperidine rings is 1. The predicted octanol–water partition coefficient (Wildman–Crippen LogP) is 2.05. The van der Waals surface area contributed by atoms with Crippen LogP contribution in [-0.2, 0) is 9.59 Å². The van der Waals surface area contributed by atoms with E-state index in [1.807, 2.05) is 13.8 Å². The Morgan fingerprint density at radius 3 is 2.38 bits per heavy atom. The molecule has 2 unspecified atom stereocenters. The van der Waals surface area contributed by atoms with Gasteiger partial charge in [0.15, 0.2) is 5.13 Å². The molecule has 1 aromatic rings. The summed E-state index contributed by atoms with van der Waals surface area (Å²) in [6, 6.07) is 0. The number of carbonyl (C=O) groups is 2. The van der Waals surface area contributed by atoms with E-state index in [4.69, 9.17) is 0 Å². The highest BCUT2D eigenvalue weighted by molar-refractivity contribution is 9.11. The normalized spacial score (nSPS) is 30.8. The lowest BCUT2D eigenvalue weighted by Gasteiger charge is -2.17. The SMILES string of the molecule is CC1(C)C2C(=O)N(c3ncc(Br)s3)C(=O)C21. The molecular formula is C10H9BrN2O2S. The average molecular weight is 301 g/mol. The van der Waals surface area contributed by atoms with Crippen LogP contribution in [0.15, 0.2) is 9.98 Å². The number of aromatic nitrogens is 1. The topological polar surface area (TPSA) is 50.3 Å². The van der Waals surface area contributed by atoms with Crippen molar-refractivity contribution in [2.45, 2.75) is 13.8 Å². The third kappa shape index (κ3) is 1.11. The number of rotatable bonds is 1. The quantitative estimate of drug-likeness (QED) is 0.746. The summed E-state index contributed by atoms with van der Waals surface area (Å²) in [5.41, 5.74) is -0.154. The molecule has 6 heteroatoms. The number of amides is 2. The number of nitrogens with zero attached hydrogens (tertiary/aromatic N) is 2. The predicted molar refractivity (Wildman–Crippen MR) is 63.1 cm³/mol. The van der Waals surface area contributed by atoms with E-state index in [-0.39, 0.29) is 29.1 Å². The Hall–Kier alpha value is -0.750. The van der Waals surface area contributed by atoms with Crippen molar-refractivity contribution >= 4 is 44.2 Å². The Morgan fingerprint density at radius 2 is 1.94 bits per heavy atom. The summed E-state index contributed by atoms with van der Waals surface area (Å²) in [6.07, 6.45) is 1.61. The molecule has 0 aromatic carbocycles. The minimum absolute atomic E-state index is 0.0955. The molecule has 1 aliphatic heterocycles. The van der Waals surface area contributed by atoms with Crippen molar-refractivity contribution in [3.05, 3.63) is 9.98 Å². The monoisotopic (exact) mass is 300 g/mol. The van der Waals surface area contributed by atoms with Crippen molar-refractivity contribution in [1.82, 2.24) is 4.98 Å². The highest BCUT2D eigenvalue weighted by atomic mass is 79.9. The lowest BCUT2D eigenvalue weighted by molar-refractivity contribution is -0.125. The Kier molecular flexibility index (Phi) is 1.90. The molecule has 2 fully saturated rings. The second-order valence-electron chi connectivity index (χ2n) is 4.74. The van der Waals surface area contributed by atoms with Crippen molar-refractivity contribution in [3.63, 3.8) is 0 Å². The number of halogens is 1. The van der Waals surface area contributed by atoms with Crippen LogP contribution in [0.25, 0.3) is 0 Å². The van der Waals surface area contributed by atoms with Gasteiger partial charge in [0.2, 0.25) is 11.8 Å². The number of anilines is 1. The molecule has 2 amide bonds. The van der Waals surface area contributed by atoms with Gasteiger partial charge in [-0.05, 0) is 21.3 Å². The van der Waals surface area contributed by atoms with Crippen LogP contribution in [0.2, 0.25) is 0 Å². The molecule has 2 aliphatic rings. The fraction of sp³-hybridized carbons (Fsp3) is 0.500. The summed E-state index contributed by atoms with van der Waals surface area (Å²) in [5.74, 6) is -0.464. The maximum absolute atomic E-state index is 12.0. The second kappa shape index (κ2) is 2.92. The van der Waals surface area contributed by atoms with E-state index in [1.165, 1.54) is 16.2 Å². The maximum Gasteiger partial charge on any atom is 0.240 e. The van der Waals surface area contributed by atoms with Crippen LogP contribution < -0.4 is 4.90 Å². The summed E-state index contributed by atoms with van der Waals surface area (Å²) in [7, 11) is 0. The first kappa shape index (κ1) is 10.4. The lowest BCUT2D eigenvalue weighted by Crippen LogP contribution is -2.36. The first-order chi connectivity index (χ1) is 7.44. The van der Waals surface area contributed by atoms with Crippen molar-refractivity contribution in [3.8, 4) is 0 Å². The highest BCUT2D eigenvalue weighted by Crippen LogP contribution is 2.63. The average Bonchev–Trinajstić information content (AvgIpc) is 2.49. The molecule has 0 bridgehead atoms. The van der Waals surface area contributed by atoms with Crippen LogP contribution in [0, 0.1) is 17.3 Å². The third-order valence-corrected chi connectivity index (χ3v) is 4.92. The van der Waals surface area contributed by atoms with Gasteiger partial charge >= 0.3 is 0 Å². The molecule has 3 rings (SSSR count). The minimum Gasteiger partial charge on any atom is -0.274 e. The number of fused-ring (bicyclic) bond motifs is 1. The summed E-state index contributed by atoms with van der Waals surface area (Å²) in [5, 5.41) is 0.477. The largest absolute Gasteiger partial charge is 0.274 e. The van der Waals surface area contributed by atoms with Crippen LogP contribution in [0.1, 0.15) is 13.8 Å². The molecule has 84 valence electrons. The van der Waals surface area contributed by atoms with Crippen LogP contribution in [0.3, 0.4) is 0 Å². The van der Waals surface area contributed by atoms with Crippen LogP contribution in [-0.4, -0.2) is 16.8 Å². The number of carbonyl (C=O) groups excluding carboxylic acids is 2. The lowest BCUT2D eigenvalue weighted by atomic mass is 10.1. The van der Waals surface area contributed by atoms with E-state index in [9.17, 15) is 9.59 Å². The zero-order valence-corrected chi connectivity index (χ0v) is 11.1. The van der Waals surface area contributed by atoms with Crippen molar-refractivity contribution < 1.29 is 9.59 Å². The van der Waals surface area contributed by atoms with Gasteiger partial charge in [-0.25, -0.2) is 9.88 Å². The molecule has 0 spiro atoms. The molecule has 0 radical (unpaired) electrons. The van der Waals surface area contributed by atoms with Gasteiger partial charge in [0.1, 0.15) is 0 Å². The zero-order chi connectivity index (χ0) is 11.7. The molecule has 2 heterocycles. The minimum atomic E-state index is -0.154. The van der Waals surface area contributed by atoms with Crippen LogP contribution >= 0.6 is 27.3 Å². The van der Waals surface area contributed by atoms with Crippen molar-refractivity contribution in [1.29, 1.82) is 0 Å². The maximum atomic E-state index is 12.0. The first-order valence-corrected chi connectivity index (χ1v) is 6.54. The van der Waals surface area contributed by atoms with Gasteiger partial charge in [-0.1, -0.05) is 25.2 Å². The second-order valence-corrected chi connectivity index (χ2v) is 7.12. The number of hydrogen-bond donors (Lipinski definition) is 0. The fourth-order valence-corrected chi connectivity index (χ4v) is 3.68. The van der Waals surface area contributed by atoms with Gasteiger partial charge in [0.25, 0.3) is 0 Å². The first-order valence-electron chi connectivity index (χ1n) is 4.93. The standard InChI is InChI=1S/C10H9BrN2O2S/c1-10(2)5-6(10)8(15)13(7(5)14)9-12-3-4(11)16-9/h3,5-6H,1-2H3. The van der Waals surface area contributed by atoms with Crippen molar-refractivity contribution in [2.75, 3.05) is 4.90 Å². The molecule has 1 saturated heterocycles. The third-order valence-electron chi connectivity index (χ3n) is 3.46. The van der Waals surface area contributed by atoms with E-state index in [1.54, 1.807) is 6.20 Å². The van der Waals surface area contributed by atoms with Gasteiger partial charge in [-0.2, -0.15) is 0 Å². The van der Waals surface area contributed by atoms with Gasteiger partial charge in [0, 0.05) is 0 Å². The highest BCUT2D eigenvalue weighted by Gasteiger charge is 2.73. The Bertz CT molecular complexity index is 487. The van der Waals surface area contributed by atoms with E-state index in [2.05, 4.69) is 20.9 Å². The van der Waals surface area contributed by atoms with Gasteiger partial charge in [-0.15, -0.1) is 0 Å². The fourth-order valence-electron chi connectivity index (χ4n) is 2.48. The van der Waals surface area contributed by atoms with Gasteiger partial charge in [-0.3, -0.25) is 9.59 Å². The number of imide groups is 1. The molecule has 4 nitrogen and oxygen atoms in total. The molecular weight excluding hydrogens is 292 g/mol. The molecule has 0 N–H and O–H groups in total. The van der Waals surface area contributed by atoms with Gasteiger partial charge in [0.05, 0.1) is 21.8 Å². The molecule has 1 aliphatic carbocycles.